The molecule has 4 amide bonds. The summed E-state index contributed by atoms with van der Waals surface area (Å²) in [6.45, 7) is 14.9. The standard InChI is InChI=1S/C47H58N10O6S/c1-28-23-31(42-30(3)48-27-64-42)11-13-34(28)29(2)50-45(61)39-25-33(58)26-57(39)46(62)43(47(4,5)6)53-41(59)16-18-55-19-21-56(22-20-55)32-12-14-37(40(24-32)63-7)52-44(60)38-10-8-9-35(51-38)36-15-17-49-54-36/h8-15,17,23-24,27,29,33,39,43,58H,16,18-22,25-26H2,1-7H3,(H,49,54)(H,50,61)(H,52,60)(H,53,59)/t29-,33+,39-,43+/m0/s1. The number of anilines is 2. The predicted molar refractivity (Wildman–Crippen MR) is 247 cm³/mol. The number of aryl methyl sites for hydroxylation is 2. The summed E-state index contributed by atoms with van der Waals surface area (Å²) >= 11 is 1.59. The summed E-state index contributed by atoms with van der Waals surface area (Å²) in [5, 5.41) is 26.6. The first-order valence-corrected chi connectivity index (χ1v) is 22.5. The Morgan fingerprint density at radius 2 is 1.78 bits per heavy atom. The van der Waals surface area contributed by atoms with E-state index in [2.05, 4.69) is 52.0 Å². The molecule has 0 radical (unpaired) electrons. The topological polar surface area (TPSA) is 198 Å². The van der Waals surface area contributed by atoms with E-state index in [1.165, 1.54) is 4.90 Å². The van der Waals surface area contributed by atoms with Crippen LogP contribution in [-0.2, 0) is 14.4 Å². The smallest absolute Gasteiger partial charge is 0.274 e. The number of β-amino-alcohol motifs (C(OH)–C–C–N with tert-alkyl or cyclic N) is 1. The van der Waals surface area contributed by atoms with Crippen LogP contribution < -0.4 is 25.6 Å². The third kappa shape index (κ3) is 10.6. The molecule has 5 N–H and O–H groups in total. The summed E-state index contributed by atoms with van der Waals surface area (Å²) in [6.07, 6.45) is 1.05. The number of aliphatic hydroxyl groups excluding tert-OH is 1. The molecule has 0 bridgehead atoms. The summed E-state index contributed by atoms with van der Waals surface area (Å²) in [5.74, 6) is -0.854. The zero-order valence-corrected chi connectivity index (χ0v) is 38.3. The zero-order valence-electron chi connectivity index (χ0n) is 37.5. The highest BCUT2D eigenvalue weighted by molar-refractivity contribution is 7.13. The maximum atomic E-state index is 14.3. The number of benzene rings is 2. The molecular formula is C47H58N10O6S. The average molecular weight is 891 g/mol. The number of thiazole rings is 1. The maximum Gasteiger partial charge on any atom is 0.274 e. The van der Waals surface area contributed by atoms with E-state index in [1.54, 1.807) is 48.9 Å². The van der Waals surface area contributed by atoms with Crippen LogP contribution in [-0.4, -0.2) is 123 Å². The van der Waals surface area contributed by atoms with Crippen LogP contribution in [0.2, 0.25) is 0 Å². The Morgan fingerprint density at radius 3 is 2.45 bits per heavy atom. The van der Waals surface area contributed by atoms with Gasteiger partial charge in [-0.1, -0.05) is 45.0 Å². The lowest BCUT2D eigenvalue weighted by Gasteiger charge is -2.37. The third-order valence-electron chi connectivity index (χ3n) is 12.0. The fourth-order valence-electron chi connectivity index (χ4n) is 8.39. The van der Waals surface area contributed by atoms with Crippen LogP contribution in [0.1, 0.15) is 73.9 Å². The highest BCUT2D eigenvalue weighted by atomic mass is 32.1. The molecule has 64 heavy (non-hydrogen) atoms. The molecular weight excluding hydrogens is 833 g/mol. The number of nitrogens with one attached hydrogen (secondary N) is 4. The molecule has 17 heteroatoms. The molecule has 16 nitrogen and oxygen atoms in total. The Bertz CT molecular complexity index is 2460. The summed E-state index contributed by atoms with van der Waals surface area (Å²) in [5.41, 5.74) is 8.21. The lowest BCUT2D eigenvalue weighted by atomic mass is 9.85. The molecule has 2 fully saturated rings. The van der Waals surface area contributed by atoms with Crippen molar-refractivity contribution in [3.05, 3.63) is 94.9 Å². The number of nitrogens with zero attached hydrogens (tertiary/aromatic N) is 6. The van der Waals surface area contributed by atoms with Crippen molar-refractivity contribution in [2.45, 2.75) is 78.6 Å². The van der Waals surface area contributed by atoms with Gasteiger partial charge in [-0.05, 0) is 73.2 Å². The van der Waals surface area contributed by atoms with E-state index in [0.29, 0.717) is 55.5 Å². The molecule has 5 heterocycles. The van der Waals surface area contributed by atoms with Crippen LogP contribution >= 0.6 is 11.3 Å². The van der Waals surface area contributed by atoms with Gasteiger partial charge in [-0.25, -0.2) is 9.97 Å². The second-order valence-electron chi connectivity index (χ2n) is 17.6. The molecule has 0 saturated carbocycles. The van der Waals surface area contributed by atoms with Crippen LogP contribution in [0.3, 0.4) is 0 Å². The molecule has 7 rings (SSSR count). The van der Waals surface area contributed by atoms with Gasteiger partial charge in [0.05, 0.1) is 52.4 Å². The van der Waals surface area contributed by atoms with Gasteiger partial charge in [-0.15, -0.1) is 11.3 Å². The van der Waals surface area contributed by atoms with E-state index in [4.69, 9.17) is 4.74 Å². The second kappa shape index (κ2) is 19.7. The van der Waals surface area contributed by atoms with E-state index in [0.717, 1.165) is 32.9 Å². The summed E-state index contributed by atoms with van der Waals surface area (Å²) in [4.78, 5) is 70.6. The molecule has 2 aliphatic rings. The van der Waals surface area contributed by atoms with E-state index < -0.39 is 29.5 Å². The number of ether oxygens (including phenoxy) is 1. The number of pyridine rings is 1. The molecule has 0 unspecified atom stereocenters. The van der Waals surface area contributed by atoms with Crippen molar-refractivity contribution >= 4 is 46.3 Å². The molecule has 5 aromatic rings. The van der Waals surface area contributed by atoms with Crippen molar-refractivity contribution in [2.75, 3.05) is 56.6 Å². The van der Waals surface area contributed by atoms with Crippen LogP contribution in [0.25, 0.3) is 21.8 Å². The van der Waals surface area contributed by atoms with Crippen LogP contribution in [0.4, 0.5) is 11.4 Å². The number of hydrogen-bond acceptors (Lipinski definition) is 12. The summed E-state index contributed by atoms with van der Waals surface area (Å²) < 4.78 is 5.67. The number of piperazine rings is 1. The number of carbonyl (C=O) groups excluding carboxylic acids is 4. The predicted octanol–water partition coefficient (Wildman–Crippen LogP) is 5.36. The molecule has 4 atom stereocenters. The minimum atomic E-state index is -0.911. The van der Waals surface area contributed by atoms with Crippen LogP contribution in [0.5, 0.6) is 5.75 Å². The minimum absolute atomic E-state index is 0.00240. The van der Waals surface area contributed by atoms with Gasteiger partial charge < -0.3 is 35.6 Å². The van der Waals surface area contributed by atoms with Gasteiger partial charge in [0.2, 0.25) is 17.7 Å². The Hall–Kier alpha value is -6.17. The molecule has 2 saturated heterocycles. The van der Waals surface area contributed by atoms with Gasteiger partial charge in [-0.2, -0.15) is 5.10 Å². The lowest BCUT2D eigenvalue weighted by molar-refractivity contribution is -0.144. The quantitative estimate of drug-likeness (QED) is 0.0964. The third-order valence-corrected chi connectivity index (χ3v) is 12.9. The van der Waals surface area contributed by atoms with Crippen LogP contribution in [0, 0.1) is 19.3 Å². The van der Waals surface area contributed by atoms with Crippen molar-refractivity contribution in [2.24, 2.45) is 5.41 Å². The van der Waals surface area contributed by atoms with E-state index in [9.17, 15) is 24.3 Å². The number of aliphatic hydroxyl groups is 1. The summed E-state index contributed by atoms with van der Waals surface area (Å²) in [6, 6.07) is 16.7. The molecule has 2 aliphatic heterocycles. The highest BCUT2D eigenvalue weighted by Gasteiger charge is 2.44. The van der Waals surface area contributed by atoms with Gasteiger partial charge in [0.1, 0.15) is 23.5 Å². The van der Waals surface area contributed by atoms with Crippen molar-refractivity contribution in [1.29, 1.82) is 0 Å². The number of hydrogen-bond donors (Lipinski definition) is 5. The first kappa shape index (κ1) is 45.8. The second-order valence-corrected chi connectivity index (χ2v) is 18.5. The number of H-pyrrole nitrogens is 1. The number of amides is 4. The molecule has 0 spiro atoms. The molecule has 0 aliphatic carbocycles. The Morgan fingerprint density at radius 1 is 1.00 bits per heavy atom. The monoisotopic (exact) mass is 890 g/mol. The average Bonchev–Trinajstić information content (AvgIpc) is 4.06. The fraction of sp³-hybridized carbons (Fsp3) is 0.426. The number of rotatable bonds is 14. The first-order chi connectivity index (χ1) is 30.6. The van der Waals surface area contributed by atoms with Crippen LogP contribution in [0.15, 0.2) is 72.4 Å². The Labute approximate surface area is 377 Å². The largest absolute Gasteiger partial charge is 0.494 e. The highest BCUT2D eigenvalue weighted by Crippen LogP contribution is 2.33. The van der Waals surface area contributed by atoms with Crippen molar-refractivity contribution in [3.8, 4) is 27.6 Å². The van der Waals surface area contributed by atoms with Gasteiger partial charge in [0, 0.05) is 70.1 Å². The van der Waals surface area contributed by atoms with E-state index in [1.807, 2.05) is 77.4 Å². The fourth-order valence-corrected chi connectivity index (χ4v) is 9.19. The Kier molecular flexibility index (Phi) is 14.1. The number of aromatic nitrogens is 4. The number of methoxy groups -OCH3 is 1. The van der Waals surface area contributed by atoms with Crippen molar-refractivity contribution < 1.29 is 29.0 Å². The normalized spacial score (nSPS) is 17.8. The zero-order chi connectivity index (χ0) is 45.7. The number of likely N-dealkylation sites (tertiary alicyclic amines) is 1. The van der Waals surface area contributed by atoms with Crippen molar-refractivity contribution in [3.63, 3.8) is 0 Å². The molecule has 2 aromatic carbocycles. The van der Waals surface area contributed by atoms with Gasteiger partial charge in [0.15, 0.2) is 0 Å². The van der Waals surface area contributed by atoms with Gasteiger partial charge in [-0.3, -0.25) is 29.2 Å². The van der Waals surface area contributed by atoms with Crippen molar-refractivity contribution in [1.82, 2.24) is 40.6 Å². The maximum absolute atomic E-state index is 14.3. The SMILES string of the molecule is COc1cc(N2CCN(CCC(=O)N[C@H](C(=O)N3C[C@H](O)C[C@H]3C(=O)N[C@@H](C)c3ccc(-c4scnc4C)cc3C)C(C)(C)C)CC2)ccc1NC(=O)c1cccc(-c2ccn[nH]2)n1. The number of carbonyl (C=O) groups is 4. The Balaban J connectivity index is 0.905. The molecule has 3 aromatic heterocycles. The van der Waals surface area contributed by atoms with E-state index in [-0.39, 0.29) is 48.8 Å². The summed E-state index contributed by atoms with van der Waals surface area (Å²) in [7, 11) is 1.56. The van der Waals surface area contributed by atoms with E-state index >= 15 is 0 Å². The molecule has 338 valence electrons. The minimum Gasteiger partial charge on any atom is -0.494 e. The van der Waals surface area contributed by atoms with Gasteiger partial charge >= 0.3 is 0 Å². The first-order valence-electron chi connectivity index (χ1n) is 21.6. The van der Waals surface area contributed by atoms with Gasteiger partial charge in [0.25, 0.3) is 5.91 Å². The number of aromatic amines is 1. The lowest BCUT2D eigenvalue weighted by Crippen LogP contribution is -2.58.